The van der Waals surface area contributed by atoms with E-state index in [1.807, 2.05) is 0 Å². The smallest absolute Gasteiger partial charge is 0.178 e. The fourth-order valence-electron chi connectivity index (χ4n) is 0.990. The van der Waals surface area contributed by atoms with Crippen molar-refractivity contribution in [1.29, 1.82) is 0 Å². The van der Waals surface area contributed by atoms with Crippen molar-refractivity contribution in [2.75, 3.05) is 12.4 Å². The summed E-state index contributed by atoms with van der Waals surface area (Å²) in [5, 5.41) is 0. The van der Waals surface area contributed by atoms with Crippen LogP contribution in [0, 0.1) is 0 Å². The summed E-state index contributed by atoms with van der Waals surface area (Å²) in [6.45, 7) is -0.591. The number of alkyl halides is 1. The number of hydrogen-bond donors (Lipinski definition) is 0. The maximum Gasteiger partial charge on any atom is 0.178 e. The van der Waals surface area contributed by atoms with Crippen molar-refractivity contribution >= 4 is 9.84 Å². The molecule has 0 saturated carbocycles. The predicted molar refractivity (Wildman–Crippen MR) is 49.1 cm³/mol. The molecule has 0 N–H and O–H groups in total. The molecule has 4 heteroatoms. The molecule has 0 amide bonds. The van der Waals surface area contributed by atoms with Crippen LogP contribution in [0.5, 0.6) is 0 Å². The lowest BCUT2D eigenvalue weighted by molar-refractivity contribution is 0.484. The minimum atomic E-state index is -3.26. The summed E-state index contributed by atoms with van der Waals surface area (Å²) in [5.74, 6) is -0.118. The lowest BCUT2D eigenvalue weighted by Crippen LogP contribution is -2.06. The van der Waals surface area contributed by atoms with Crippen LogP contribution in [0.15, 0.2) is 35.2 Å². The maximum absolute atomic E-state index is 11.8. The molecule has 0 aliphatic heterocycles. The summed E-state index contributed by atoms with van der Waals surface area (Å²) in [7, 11) is -3.26. The van der Waals surface area contributed by atoms with Crippen LogP contribution in [0.4, 0.5) is 4.39 Å². The molecule has 1 rings (SSSR count). The van der Waals surface area contributed by atoms with Crippen LogP contribution in [0.25, 0.3) is 0 Å². The minimum Gasteiger partial charge on any atom is -0.251 e. The number of sulfone groups is 1. The van der Waals surface area contributed by atoms with Crippen LogP contribution < -0.4 is 0 Å². The molecule has 0 fully saturated rings. The van der Waals surface area contributed by atoms with E-state index >= 15 is 0 Å². The van der Waals surface area contributed by atoms with Crippen molar-refractivity contribution < 1.29 is 12.8 Å². The summed E-state index contributed by atoms with van der Waals surface area (Å²) in [6.07, 6.45) is 0.0667. The highest BCUT2D eigenvalue weighted by Crippen LogP contribution is 2.10. The molecule has 0 aliphatic carbocycles. The second-order valence-corrected chi connectivity index (χ2v) is 4.78. The molecule has 0 atom stereocenters. The first-order valence-corrected chi connectivity index (χ1v) is 5.66. The van der Waals surface area contributed by atoms with E-state index in [1.165, 1.54) is 12.1 Å². The van der Waals surface area contributed by atoms with Gasteiger partial charge in [0.25, 0.3) is 0 Å². The molecule has 0 heterocycles. The zero-order valence-electron chi connectivity index (χ0n) is 7.11. The van der Waals surface area contributed by atoms with E-state index in [2.05, 4.69) is 0 Å². The Morgan fingerprint density at radius 2 is 1.77 bits per heavy atom. The van der Waals surface area contributed by atoms with Crippen LogP contribution in [-0.2, 0) is 9.84 Å². The van der Waals surface area contributed by atoms with Crippen LogP contribution >= 0.6 is 0 Å². The van der Waals surface area contributed by atoms with Gasteiger partial charge in [-0.05, 0) is 18.6 Å². The number of hydrogen-bond acceptors (Lipinski definition) is 2. The standard InChI is InChI=1S/C9H11FO2S/c10-7-4-8-13(11,12)9-5-2-1-3-6-9/h1-3,5-6H,4,7-8H2. The quantitative estimate of drug-likeness (QED) is 0.746. The number of halogens is 1. The molecule has 0 aromatic heterocycles. The largest absolute Gasteiger partial charge is 0.251 e. The van der Waals surface area contributed by atoms with E-state index in [-0.39, 0.29) is 17.1 Å². The highest BCUT2D eigenvalue weighted by molar-refractivity contribution is 7.91. The van der Waals surface area contributed by atoms with Gasteiger partial charge in [0, 0.05) is 0 Å². The fourth-order valence-corrected chi connectivity index (χ4v) is 2.29. The van der Waals surface area contributed by atoms with E-state index in [4.69, 9.17) is 0 Å². The second-order valence-electron chi connectivity index (χ2n) is 2.67. The average Bonchev–Trinajstić information content (AvgIpc) is 2.16. The first-order valence-electron chi connectivity index (χ1n) is 4.00. The molecule has 72 valence electrons. The van der Waals surface area contributed by atoms with Crippen molar-refractivity contribution in [3.63, 3.8) is 0 Å². The zero-order valence-corrected chi connectivity index (χ0v) is 7.93. The highest BCUT2D eigenvalue weighted by Gasteiger charge is 2.12. The van der Waals surface area contributed by atoms with Crippen LogP contribution in [0.1, 0.15) is 6.42 Å². The van der Waals surface area contributed by atoms with E-state index in [0.717, 1.165) is 0 Å². The lowest BCUT2D eigenvalue weighted by Gasteiger charge is -2.01. The fraction of sp³-hybridized carbons (Fsp3) is 0.333. The molecule has 0 bridgehead atoms. The van der Waals surface area contributed by atoms with Gasteiger partial charge in [0.1, 0.15) is 0 Å². The number of benzene rings is 1. The Hall–Kier alpha value is -0.900. The third-order valence-electron chi connectivity index (χ3n) is 1.65. The molecule has 2 nitrogen and oxygen atoms in total. The lowest BCUT2D eigenvalue weighted by atomic mass is 10.4. The second kappa shape index (κ2) is 4.37. The van der Waals surface area contributed by atoms with Crippen LogP contribution in [0.3, 0.4) is 0 Å². The SMILES string of the molecule is O=S(=O)(CCCF)c1ccccc1. The first-order chi connectivity index (χ1) is 6.17. The summed E-state index contributed by atoms with van der Waals surface area (Å²) in [6, 6.07) is 8.10. The summed E-state index contributed by atoms with van der Waals surface area (Å²) in [5.41, 5.74) is 0. The number of rotatable bonds is 4. The van der Waals surface area contributed by atoms with Crippen molar-refractivity contribution in [2.45, 2.75) is 11.3 Å². The monoisotopic (exact) mass is 202 g/mol. The van der Waals surface area contributed by atoms with Gasteiger partial charge in [0.2, 0.25) is 0 Å². The van der Waals surface area contributed by atoms with Crippen molar-refractivity contribution in [3.05, 3.63) is 30.3 Å². The minimum absolute atomic E-state index is 0.0667. The third-order valence-corrected chi connectivity index (χ3v) is 3.47. The van der Waals surface area contributed by atoms with Gasteiger partial charge in [-0.15, -0.1) is 0 Å². The van der Waals surface area contributed by atoms with Gasteiger partial charge in [0.15, 0.2) is 9.84 Å². The Labute approximate surface area is 77.3 Å². The van der Waals surface area contributed by atoms with Crippen LogP contribution in [0.2, 0.25) is 0 Å². The molecule has 0 unspecified atom stereocenters. The molecule has 13 heavy (non-hydrogen) atoms. The highest BCUT2D eigenvalue weighted by atomic mass is 32.2. The van der Waals surface area contributed by atoms with Crippen molar-refractivity contribution in [1.82, 2.24) is 0 Å². The van der Waals surface area contributed by atoms with Gasteiger partial charge in [-0.2, -0.15) is 0 Å². The Kier molecular flexibility index (Phi) is 3.42. The molecular formula is C9H11FO2S. The Morgan fingerprint density at radius 3 is 2.31 bits per heavy atom. The summed E-state index contributed by atoms with van der Waals surface area (Å²) < 4.78 is 34.6. The van der Waals surface area contributed by atoms with E-state index < -0.39 is 16.5 Å². The predicted octanol–water partition coefficient (Wildman–Crippen LogP) is 1.82. The maximum atomic E-state index is 11.8. The van der Waals surface area contributed by atoms with E-state index in [1.54, 1.807) is 18.2 Å². The third kappa shape index (κ3) is 2.81. The van der Waals surface area contributed by atoms with E-state index in [9.17, 15) is 12.8 Å². The topological polar surface area (TPSA) is 34.1 Å². The normalized spacial score (nSPS) is 11.5. The molecule has 1 aromatic rings. The Balaban J connectivity index is 2.83. The van der Waals surface area contributed by atoms with Gasteiger partial charge in [-0.25, -0.2) is 8.42 Å². The van der Waals surface area contributed by atoms with Gasteiger partial charge < -0.3 is 0 Å². The zero-order chi connectivity index (χ0) is 9.73. The van der Waals surface area contributed by atoms with E-state index in [0.29, 0.717) is 0 Å². The Bertz CT molecular complexity index is 345. The molecule has 0 radical (unpaired) electrons. The first kappa shape index (κ1) is 10.2. The van der Waals surface area contributed by atoms with Crippen molar-refractivity contribution in [3.8, 4) is 0 Å². The average molecular weight is 202 g/mol. The molecule has 0 saturated heterocycles. The van der Waals surface area contributed by atoms with Gasteiger partial charge >= 0.3 is 0 Å². The van der Waals surface area contributed by atoms with Gasteiger partial charge in [0.05, 0.1) is 17.3 Å². The Morgan fingerprint density at radius 1 is 1.15 bits per heavy atom. The summed E-state index contributed by atoms with van der Waals surface area (Å²) in [4.78, 5) is 0.267. The molecular weight excluding hydrogens is 191 g/mol. The van der Waals surface area contributed by atoms with Crippen LogP contribution in [-0.4, -0.2) is 20.8 Å². The molecule has 0 aliphatic rings. The van der Waals surface area contributed by atoms with Gasteiger partial charge in [-0.1, -0.05) is 18.2 Å². The molecule has 0 spiro atoms. The summed E-state index contributed by atoms with van der Waals surface area (Å²) >= 11 is 0. The molecule has 1 aromatic carbocycles. The van der Waals surface area contributed by atoms with Crippen molar-refractivity contribution in [2.24, 2.45) is 0 Å². The van der Waals surface area contributed by atoms with Gasteiger partial charge in [-0.3, -0.25) is 4.39 Å².